The van der Waals surface area contributed by atoms with Crippen LogP contribution in [0.3, 0.4) is 0 Å². The number of carboxylic acids is 1. The summed E-state index contributed by atoms with van der Waals surface area (Å²) in [6.07, 6.45) is 3.81. The molecule has 7 heteroatoms. The maximum absolute atomic E-state index is 12.6. The first kappa shape index (κ1) is 18.7. The molecule has 2 N–H and O–H groups in total. The fourth-order valence-corrected chi connectivity index (χ4v) is 3.25. The molecule has 142 valence electrons. The van der Waals surface area contributed by atoms with Crippen molar-refractivity contribution in [2.24, 2.45) is 0 Å². The Morgan fingerprint density at radius 1 is 1.19 bits per heavy atom. The van der Waals surface area contributed by atoms with Gasteiger partial charge in [-0.15, -0.1) is 0 Å². The molecule has 1 aromatic heterocycles. The highest BCUT2D eigenvalue weighted by Crippen LogP contribution is 2.19. The van der Waals surface area contributed by atoms with Gasteiger partial charge in [-0.2, -0.15) is 0 Å². The lowest BCUT2D eigenvalue weighted by atomic mass is 10.1. The van der Waals surface area contributed by atoms with E-state index in [9.17, 15) is 14.4 Å². The van der Waals surface area contributed by atoms with Gasteiger partial charge in [0.1, 0.15) is 11.8 Å². The van der Waals surface area contributed by atoms with Crippen LogP contribution < -0.4 is 5.32 Å². The molecule has 0 radical (unpaired) electrons. The number of amides is 2. The molecule has 0 saturated carbocycles. The van der Waals surface area contributed by atoms with Crippen molar-refractivity contribution in [3.05, 3.63) is 59.5 Å². The predicted octanol–water partition coefficient (Wildman–Crippen LogP) is 2.22. The highest BCUT2D eigenvalue weighted by atomic mass is 16.4. The average Bonchev–Trinajstić information content (AvgIpc) is 3.36. The maximum Gasteiger partial charge on any atom is 0.335 e. The normalized spacial score (nSPS) is 16.3. The summed E-state index contributed by atoms with van der Waals surface area (Å²) >= 11 is 0. The molecule has 7 nitrogen and oxygen atoms in total. The number of hydrogen-bond donors (Lipinski definition) is 2. The van der Waals surface area contributed by atoms with Gasteiger partial charge < -0.3 is 19.7 Å². The Balaban J connectivity index is 1.51. The second-order valence-corrected chi connectivity index (χ2v) is 6.54. The molecular formula is C20H22N2O5. The standard InChI is InChI=1S/C20H22N2O5/c23-18(10-7-14-5-8-15(9-6-14)20(25)26)22-11-1-4-17(22)19(24)21-13-16-3-2-12-27-16/h2-3,5-6,8-9,12,17H,1,4,7,10-11,13H2,(H,21,24)(H,25,26). The minimum Gasteiger partial charge on any atom is -0.478 e. The van der Waals surface area contributed by atoms with Crippen LogP contribution in [0.4, 0.5) is 0 Å². The third kappa shape index (κ3) is 4.75. The Kier molecular flexibility index (Phi) is 5.90. The van der Waals surface area contributed by atoms with Crippen LogP contribution in [0.5, 0.6) is 0 Å². The highest BCUT2D eigenvalue weighted by Gasteiger charge is 2.33. The molecule has 1 atom stereocenters. The average molecular weight is 370 g/mol. The molecule has 2 heterocycles. The van der Waals surface area contributed by atoms with Crippen LogP contribution in [0, 0.1) is 0 Å². The minimum atomic E-state index is -0.974. The third-order valence-electron chi connectivity index (χ3n) is 4.72. The Labute approximate surface area is 157 Å². The number of nitrogens with zero attached hydrogens (tertiary/aromatic N) is 1. The number of benzene rings is 1. The maximum atomic E-state index is 12.6. The molecule has 0 bridgehead atoms. The second kappa shape index (κ2) is 8.53. The van der Waals surface area contributed by atoms with E-state index in [1.54, 1.807) is 35.4 Å². The van der Waals surface area contributed by atoms with Gasteiger partial charge in [-0.3, -0.25) is 9.59 Å². The van der Waals surface area contributed by atoms with E-state index >= 15 is 0 Å². The lowest BCUT2D eigenvalue weighted by molar-refractivity contribution is -0.138. The quantitative estimate of drug-likeness (QED) is 0.778. The minimum absolute atomic E-state index is 0.0621. The van der Waals surface area contributed by atoms with Gasteiger partial charge in [-0.25, -0.2) is 4.79 Å². The van der Waals surface area contributed by atoms with Gasteiger partial charge >= 0.3 is 5.97 Å². The largest absolute Gasteiger partial charge is 0.478 e. The van der Waals surface area contributed by atoms with Crippen LogP contribution in [-0.4, -0.2) is 40.4 Å². The molecule has 1 unspecified atom stereocenters. The second-order valence-electron chi connectivity index (χ2n) is 6.54. The number of aromatic carboxylic acids is 1. The number of hydrogen-bond acceptors (Lipinski definition) is 4. The van der Waals surface area contributed by atoms with Crippen molar-refractivity contribution in [2.75, 3.05) is 6.54 Å². The molecule has 0 aliphatic carbocycles. The molecule has 1 aliphatic rings. The predicted molar refractivity (Wildman–Crippen MR) is 97.0 cm³/mol. The van der Waals surface area contributed by atoms with Crippen molar-refractivity contribution in [1.82, 2.24) is 10.2 Å². The van der Waals surface area contributed by atoms with Gasteiger partial charge in [0.15, 0.2) is 0 Å². The summed E-state index contributed by atoms with van der Waals surface area (Å²) in [6, 6.07) is 9.60. The number of nitrogens with one attached hydrogen (secondary N) is 1. The Bertz CT molecular complexity index is 798. The molecule has 1 aliphatic heterocycles. The molecule has 0 spiro atoms. The van der Waals surface area contributed by atoms with E-state index in [4.69, 9.17) is 9.52 Å². The van der Waals surface area contributed by atoms with E-state index in [1.807, 2.05) is 0 Å². The molecule has 2 aromatic rings. The lowest BCUT2D eigenvalue weighted by Crippen LogP contribution is -2.45. The molecule has 3 rings (SSSR count). The number of aryl methyl sites for hydroxylation is 1. The lowest BCUT2D eigenvalue weighted by Gasteiger charge is -2.24. The van der Waals surface area contributed by atoms with Crippen molar-refractivity contribution in [1.29, 1.82) is 0 Å². The monoisotopic (exact) mass is 370 g/mol. The molecule has 1 saturated heterocycles. The van der Waals surface area contributed by atoms with E-state index in [1.165, 1.54) is 12.1 Å². The summed E-state index contributed by atoms with van der Waals surface area (Å²) in [5.74, 6) is -0.529. The first-order valence-corrected chi connectivity index (χ1v) is 8.96. The zero-order valence-electron chi connectivity index (χ0n) is 14.9. The van der Waals surface area contributed by atoms with Gasteiger partial charge in [0, 0.05) is 13.0 Å². The van der Waals surface area contributed by atoms with E-state index in [0.29, 0.717) is 31.7 Å². The molecule has 1 fully saturated rings. The van der Waals surface area contributed by atoms with Crippen molar-refractivity contribution in [3.63, 3.8) is 0 Å². The van der Waals surface area contributed by atoms with Gasteiger partial charge in [-0.1, -0.05) is 12.1 Å². The summed E-state index contributed by atoms with van der Waals surface area (Å²) in [5, 5.41) is 11.7. The van der Waals surface area contributed by atoms with Gasteiger partial charge in [-0.05, 0) is 49.1 Å². The van der Waals surface area contributed by atoms with Crippen LogP contribution in [0.1, 0.15) is 40.9 Å². The number of carbonyl (C=O) groups is 3. The summed E-state index contributed by atoms with van der Waals surface area (Å²) in [6.45, 7) is 0.885. The number of likely N-dealkylation sites (tertiary alicyclic amines) is 1. The van der Waals surface area contributed by atoms with Crippen molar-refractivity contribution in [2.45, 2.75) is 38.3 Å². The third-order valence-corrected chi connectivity index (χ3v) is 4.72. The number of carbonyl (C=O) groups excluding carboxylic acids is 2. The van der Waals surface area contributed by atoms with E-state index in [2.05, 4.69) is 5.32 Å². The first-order valence-electron chi connectivity index (χ1n) is 8.96. The van der Waals surface area contributed by atoms with Crippen molar-refractivity contribution >= 4 is 17.8 Å². The van der Waals surface area contributed by atoms with Crippen LogP contribution in [0.2, 0.25) is 0 Å². The smallest absolute Gasteiger partial charge is 0.335 e. The first-order chi connectivity index (χ1) is 13.0. The van der Waals surface area contributed by atoms with Crippen LogP contribution >= 0.6 is 0 Å². The Morgan fingerprint density at radius 2 is 1.96 bits per heavy atom. The summed E-state index contributed by atoms with van der Waals surface area (Å²) in [4.78, 5) is 37.5. The number of carboxylic acid groups (broad SMARTS) is 1. The van der Waals surface area contributed by atoms with Crippen LogP contribution in [0.25, 0.3) is 0 Å². The van der Waals surface area contributed by atoms with Crippen LogP contribution in [-0.2, 0) is 22.6 Å². The summed E-state index contributed by atoms with van der Waals surface area (Å²) in [5.41, 5.74) is 1.12. The van der Waals surface area contributed by atoms with Crippen molar-refractivity contribution < 1.29 is 23.9 Å². The zero-order valence-corrected chi connectivity index (χ0v) is 14.9. The fraction of sp³-hybridized carbons (Fsp3) is 0.350. The SMILES string of the molecule is O=C(O)c1ccc(CCC(=O)N2CCCC2C(=O)NCc2ccco2)cc1. The fourth-order valence-electron chi connectivity index (χ4n) is 3.25. The Hall–Kier alpha value is -3.09. The highest BCUT2D eigenvalue weighted by molar-refractivity contribution is 5.88. The topological polar surface area (TPSA) is 99.9 Å². The van der Waals surface area contributed by atoms with Gasteiger partial charge in [0.05, 0.1) is 18.4 Å². The van der Waals surface area contributed by atoms with Crippen LogP contribution in [0.15, 0.2) is 47.1 Å². The van der Waals surface area contributed by atoms with E-state index in [-0.39, 0.29) is 23.8 Å². The van der Waals surface area contributed by atoms with Crippen molar-refractivity contribution in [3.8, 4) is 0 Å². The molecule has 2 amide bonds. The van der Waals surface area contributed by atoms with Gasteiger partial charge in [0.2, 0.25) is 11.8 Å². The van der Waals surface area contributed by atoms with E-state index in [0.717, 1.165) is 12.0 Å². The summed E-state index contributed by atoms with van der Waals surface area (Å²) < 4.78 is 5.20. The van der Waals surface area contributed by atoms with Gasteiger partial charge in [0.25, 0.3) is 0 Å². The van der Waals surface area contributed by atoms with E-state index < -0.39 is 12.0 Å². The summed E-state index contributed by atoms with van der Waals surface area (Å²) in [7, 11) is 0. The molecular weight excluding hydrogens is 348 g/mol. The molecule has 27 heavy (non-hydrogen) atoms. The molecule has 1 aromatic carbocycles. The number of rotatable bonds is 7. The Morgan fingerprint density at radius 3 is 2.63 bits per heavy atom. The number of furan rings is 1. The zero-order chi connectivity index (χ0) is 19.2.